The van der Waals surface area contributed by atoms with E-state index in [1.54, 1.807) is 36.2 Å². The molecule has 0 unspecified atom stereocenters. The van der Waals surface area contributed by atoms with Gasteiger partial charge in [0.2, 0.25) is 5.95 Å². The molecule has 4 aromatic rings. The first kappa shape index (κ1) is 29.5. The SMILES string of the molecule is CNC(=O)c1cc(-n2c(N[Si@@H](C)c3ccc(F)cc3)nc3c(c2=O)C[C@@H](C)N(C(=O)c2ccc(Cl)c(Cl)c2)C3)nn1C. The molecule has 2 N–H and O–H groups in total. The van der Waals surface area contributed by atoms with Crippen molar-refractivity contribution in [1.82, 2.24) is 29.5 Å². The van der Waals surface area contributed by atoms with Gasteiger partial charge in [-0.05, 0) is 48.9 Å². The lowest BCUT2D eigenvalue weighted by Gasteiger charge is -2.34. The molecule has 0 bridgehead atoms. The summed E-state index contributed by atoms with van der Waals surface area (Å²) in [6.07, 6.45) is 0.259. The molecule has 0 saturated heterocycles. The van der Waals surface area contributed by atoms with Crippen LogP contribution in [0.2, 0.25) is 16.6 Å². The van der Waals surface area contributed by atoms with Crippen LogP contribution in [0.15, 0.2) is 53.3 Å². The Balaban J connectivity index is 1.60. The van der Waals surface area contributed by atoms with Crippen LogP contribution in [-0.4, -0.2) is 58.1 Å². The summed E-state index contributed by atoms with van der Waals surface area (Å²) in [5.41, 5.74) is 1.19. The minimum atomic E-state index is -2.02. The van der Waals surface area contributed by atoms with Crippen LogP contribution in [0.5, 0.6) is 0 Å². The van der Waals surface area contributed by atoms with E-state index in [-0.39, 0.29) is 64.7 Å². The maximum Gasteiger partial charge on any atom is 0.269 e. The summed E-state index contributed by atoms with van der Waals surface area (Å²) in [4.78, 5) is 49.9. The van der Waals surface area contributed by atoms with Gasteiger partial charge in [-0.3, -0.25) is 19.1 Å². The minimum absolute atomic E-state index is 0.0958. The molecule has 0 saturated carbocycles. The number of rotatable bonds is 6. The second-order valence-corrected chi connectivity index (χ2v) is 13.3. The number of aromatic nitrogens is 4. The van der Waals surface area contributed by atoms with Crippen LogP contribution >= 0.6 is 23.2 Å². The smallest absolute Gasteiger partial charge is 0.269 e. The Bertz CT molecular complexity index is 1760. The van der Waals surface area contributed by atoms with Crippen molar-refractivity contribution in [3.8, 4) is 5.82 Å². The number of fused-ring (bicyclic) bond motifs is 1. The van der Waals surface area contributed by atoms with Gasteiger partial charge in [-0.2, -0.15) is 5.10 Å². The molecule has 0 aliphatic carbocycles. The highest BCUT2D eigenvalue weighted by Crippen LogP contribution is 2.27. The maximum atomic E-state index is 14.1. The summed E-state index contributed by atoms with van der Waals surface area (Å²) >= 11 is 12.2. The zero-order valence-corrected chi connectivity index (χ0v) is 25.9. The van der Waals surface area contributed by atoms with E-state index < -0.39 is 8.96 Å². The van der Waals surface area contributed by atoms with Crippen molar-refractivity contribution in [1.29, 1.82) is 0 Å². The molecule has 0 radical (unpaired) electrons. The number of hydrogen-bond acceptors (Lipinski definition) is 6. The summed E-state index contributed by atoms with van der Waals surface area (Å²) in [5.74, 6) is -0.522. The summed E-state index contributed by atoms with van der Waals surface area (Å²) in [5, 5.41) is 8.53. The Hall–Kier alpha value is -4.00. The summed E-state index contributed by atoms with van der Waals surface area (Å²) < 4.78 is 16.3. The first-order chi connectivity index (χ1) is 20.0. The molecule has 10 nitrogen and oxygen atoms in total. The second kappa shape index (κ2) is 11.7. The van der Waals surface area contributed by atoms with Gasteiger partial charge in [-0.1, -0.05) is 41.9 Å². The molecule has 218 valence electrons. The van der Waals surface area contributed by atoms with E-state index in [9.17, 15) is 18.8 Å². The zero-order chi connectivity index (χ0) is 30.3. The number of hydrogen-bond donors (Lipinski definition) is 2. The first-order valence-corrected chi connectivity index (χ1v) is 16.2. The molecule has 0 fully saturated rings. The number of benzene rings is 2. The van der Waals surface area contributed by atoms with Gasteiger partial charge in [0.05, 0.1) is 22.3 Å². The summed E-state index contributed by atoms with van der Waals surface area (Å²) in [6, 6.07) is 12.1. The van der Waals surface area contributed by atoms with Gasteiger partial charge in [-0.25, -0.2) is 13.9 Å². The van der Waals surface area contributed by atoms with Gasteiger partial charge >= 0.3 is 0 Å². The summed E-state index contributed by atoms with van der Waals surface area (Å²) in [7, 11) is 1.11. The number of anilines is 1. The Kier molecular flexibility index (Phi) is 8.22. The van der Waals surface area contributed by atoms with E-state index in [0.29, 0.717) is 21.8 Å². The van der Waals surface area contributed by atoms with Gasteiger partial charge < -0.3 is 15.2 Å². The third-order valence-electron chi connectivity index (χ3n) is 7.31. The zero-order valence-electron chi connectivity index (χ0n) is 23.3. The number of halogens is 3. The lowest BCUT2D eigenvalue weighted by Crippen LogP contribution is -2.46. The minimum Gasteiger partial charge on any atom is -0.380 e. The number of nitrogens with zero attached hydrogens (tertiary/aromatic N) is 5. The van der Waals surface area contributed by atoms with Crippen molar-refractivity contribution < 1.29 is 14.0 Å². The van der Waals surface area contributed by atoms with Gasteiger partial charge in [0.25, 0.3) is 17.4 Å². The average molecular weight is 629 g/mol. The van der Waals surface area contributed by atoms with Gasteiger partial charge in [0, 0.05) is 37.3 Å². The number of aryl methyl sites for hydroxylation is 1. The van der Waals surface area contributed by atoms with Gasteiger partial charge in [0.15, 0.2) is 14.8 Å². The predicted octanol–water partition coefficient (Wildman–Crippen LogP) is 3.03. The average Bonchev–Trinajstić information content (AvgIpc) is 3.35. The highest BCUT2D eigenvalue weighted by Gasteiger charge is 2.33. The first-order valence-electron chi connectivity index (χ1n) is 13.2. The Morgan fingerprint density at radius 1 is 1.10 bits per heavy atom. The lowest BCUT2D eigenvalue weighted by atomic mass is 9.98. The van der Waals surface area contributed by atoms with Crippen LogP contribution in [-0.2, 0) is 20.0 Å². The van der Waals surface area contributed by atoms with Gasteiger partial charge in [-0.15, -0.1) is 0 Å². The standard InChI is InChI=1S/C28H28Cl2FN7O3Si/c1-15-11-19-22(14-37(15)26(40)16-5-10-20(29)21(30)12-16)33-28(35-42(4)18-8-6-17(31)7-9-18)38(27(19)41)24-13-23(25(39)32-2)36(3)34-24/h5-10,12-13,15,42H,11,14H2,1-4H3,(H,32,39)(H,33,35)/t15-,42+/m1/s1. The Morgan fingerprint density at radius 3 is 2.48 bits per heavy atom. The van der Waals surface area contributed by atoms with Crippen LogP contribution in [0.4, 0.5) is 10.3 Å². The van der Waals surface area contributed by atoms with Gasteiger partial charge in [0.1, 0.15) is 11.5 Å². The van der Waals surface area contributed by atoms with Crippen LogP contribution in [0.3, 0.4) is 0 Å². The van der Waals surface area contributed by atoms with E-state index in [0.717, 1.165) is 5.19 Å². The fourth-order valence-electron chi connectivity index (χ4n) is 4.97. The number of carbonyl (C=O) groups is 2. The molecule has 2 atom stereocenters. The molecule has 5 rings (SSSR count). The fourth-order valence-corrected chi connectivity index (χ4v) is 6.78. The molecule has 3 heterocycles. The molecular weight excluding hydrogens is 600 g/mol. The highest BCUT2D eigenvalue weighted by molar-refractivity contribution is 6.74. The molecular formula is C28H28Cl2FN7O3Si. The van der Waals surface area contributed by atoms with E-state index in [2.05, 4.69) is 15.4 Å². The van der Waals surface area contributed by atoms with Crippen LogP contribution in [0.1, 0.15) is 39.0 Å². The normalized spacial score (nSPS) is 15.2. The molecule has 42 heavy (non-hydrogen) atoms. The third-order valence-corrected chi connectivity index (χ3v) is 10.1. The molecule has 2 aromatic carbocycles. The number of nitrogens with one attached hydrogen (secondary N) is 2. The largest absolute Gasteiger partial charge is 0.380 e. The van der Waals surface area contributed by atoms with Crippen molar-refractivity contribution >= 4 is 55.1 Å². The molecule has 0 spiro atoms. The highest BCUT2D eigenvalue weighted by atomic mass is 35.5. The third kappa shape index (κ3) is 5.57. The van der Waals surface area contributed by atoms with E-state index in [1.165, 1.54) is 40.6 Å². The summed E-state index contributed by atoms with van der Waals surface area (Å²) in [6.45, 7) is 3.95. The predicted molar refractivity (Wildman–Crippen MR) is 162 cm³/mol. The monoisotopic (exact) mass is 627 g/mol. The lowest BCUT2D eigenvalue weighted by molar-refractivity contribution is 0.0653. The van der Waals surface area contributed by atoms with Crippen LogP contribution in [0, 0.1) is 5.82 Å². The topological polar surface area (TPSA) is 114 Å². The van der Waals surface area contributed by atoms with Crippen molar-refractivity contribution in [2.45, 2.75) is 32.5 Å². The Morgan fingerprint density at radius 2 is 1.81 bits per heavy atom. The molecule has 1 aliphatic heterocycles. The molecule has 14 heteroatoms. The van der Waals surface area contributed by atoms with Crippen molar-refractivity contribution in [3.05, 3.63) is 97.3 Å². The molecule has 2 amide bonds. The second-order valence-electron chi connectivity index (χ2n) is 10.1. The van der Waals surface area contributed by atoms with Crippen molar-refractivity contribution in [2.75, 3.05) is 12.0 Å². The molecule has 2 aromatic heterocycles. The van der Waals surface area contributed by atoms with E-state index in [4.69, 9.17) is 28.2 Å². The van der Waals surface area contributed by atoms with E-state index in [1.807, 2.05) is 13.5 Å². The Labute approximate surface area is 252 Å². The van der Waals surface area contributed by atoms with Crippen LogP contribution in [0.25, 0.3) is 5.82 Å². The quantitative estimate of drug-likeness (QED) is 0.318. The molecule has 1 aliphatic rings. The number of carbonyl (C=O) groups excluding carboxylic acids is 2. The number of amides is 2. The van der Waals surface area contributed by atoms with Crippen LogP contribution < -0.4 is 21.0 Å². The fraction of sp³-hybridized carbons (Fsp3) is 0.250. The van der Waals surface area contributed by atoms with Crippen molar-refractivity contribution in [2.24, 2.45) is 7.05 Å². The van der Waals surface area contributed by atoms with Crippen molar-refractivity contribution in [3.63, 3.8) is 0 Å². The van der Waals surface area contributed by atoms with E-state index >= 15 is 0 Å². The maximum absolute atomic E-state index is 14.1.